The van der Waals surface area contributed by atoms with Gasteiger partial charge in [0.1, 0.15) is 53.9 Å². The van der Waals surface area contributed by atoms with Crippen molar-refractivity contribution in [3.63, 3.8) is 0 Å². The van der Waals surface area contributed by atoms with Gasteiger partial charge in [-0.3, -0.25) is 57.5 Å². The summed E-state index contributed by atoms with van der Waals surface area (Å²) in [6.45, 7) is 7.84. The molecule has 0 aromatic carbocycles. The van der Waals surface area contributed by atoms with Crippen molar-refractivity contribution >= 4 is 94.1 Å². The van der Waals surface area contributed by atoms with Crippen molar-refractivity contribution in [1.29, 1.82) is 0 Å². The fourth-order valence-corrected chi connectivity index (χ4v) is 17.1. The number of likely N-dealkylation sites (N-methyl/N-ethyl adjacent to an activating group) is 7. The second-order valence-electron chi connectivity index (χ2n) is 31.4. The summed E-state index contributed by atoms with van der Waals surface area (Å²) in [6.07, 6.45) is 3.86. The molecule has 0 aromatic rings. The average Bonchev–Trinajstić information content (AvgIpc) is 1.21. The van der Waals surface area contributed by atoms with Gasteiger partial charge in [-0.15, -0.1) is 23.2 Å². The number of carbonyl (C=O) groups excluding carboxylic acids is 12. The third-order valence-corrected chi connectivity index (χ3v) is 24.6. The zero-order valence-corrected chi connectivity index (χ0v) is 65.0. The fraction of sp³-hybridized carbons (Fsp3) is 0.811. The highest BCUT2D eigenvalue weighted by Crippen LogP contribution is 2.43. The van der Waals surface area contributed by atoms with E-state index in [2.05, 4.69) is 16.0 Å². The molecule has 6 fully saturated rings. The molecule has 13 atom stereocenters. The second kappa shape index (κ2) is 37.5. The molecule has 25 nitrogen and oxygen atoms in total. The lowest BCUT2D eigenvalue weighted by atomic mass is 9.74. The number of nitrogens with zero attached hydrogens (tertiary/aromatic N) is 9. The predicted octanol–water partition coefficient (Wildman–Crippen LogP) is 6.10. The molecule has 7 aliphatic rings. The van der Waals surface area contributed by atoms with Crippen LogP contribution in [-0.2, 0) is 62.3 Å². The van der Waals surface area contributed by atoms with E-state index in [9.17, 15) is 41.9 Å². The zero-order chi connectivity index (χ0) is 77.0. The van der Waals surface area contributed by atoms with Gasteiger partial charge in [-0.2, -0.15) is 13.2 Å². The minimum atomic E-state index is -4.44. The minimum Gasteiger partial charge on any atom is -0.377 e. The molecule has 0 aromatic heterocycles. The molecule has 586 valence electrons. The standard InChI is InChI=1S/C74H117Cl2F3N12O13/c1-14-45(5)62-70(101)85(9)43-61(94)86(10)54-24-17-16-20-35-90(69(54)100)58(38-47-25-29-49(30-26-47)74(77,78)79)68(99)84(8)42-59(92)80-53(32-28-46-27-31-51(75)52(76)37-46)66(97)91-41-50(104-15-2)39-56(91)65(96)82-73(33-21-34-73)72(103)89(13)63(48-22-18-19-23-48)71(102)88(12)57(67(98)83(6)7)40-60(93)87(11)55(36-44(3)4)64(95)81-62/h16-17,44-58,62-63H,14-15,18-43H2,1-13H3,(H,80,92)(H,81,95)(H,82,96)/b17-16-/t45-,46?,47?,49?,50+,51?,52?,53-,54-,55-,56-,57-,58-,62-,63-/m0/s1. The Hall–Kier alpha value is -6.29. The zero-order valence-electron chi connectivity index (χ0n) is 63.5. The van der Waals surface area contributed by atoms with Crippen molar-refractivity contribution in [2.75, 3.05) is 89.2 Å². The Morgan fingerprint density at radius 1 is 0.663 bits per heavy atom. The number of amides is 12. The first-order chi connectivity index (χ1) is 48.9. The number of nitrogens with one attached hydrogen (secondary N) is 3. The first-order valence-electron chi connectivity index (χ1n) is 37.9. The third-order valence-electron chi connectivity index (χ3n) is 23.4. The van der Waals surface area contributed by atoms with Gasteiger partial charge in [0, 0.05) is 87.9 Å². The lowest BCUT2D eigenvalue weighted by molar-refractivity contribution is -0.184. The smallest absolute Gasteiger partial charge is 0.377 e. The maximum absolute atomic E-state index is 15.6. The largest absolute Gasteiger partial charge is 0.391 e. The Morgan fingerprint density at radius 2 is 1.31 bits per heavy atom. The van der Waals surface area contributed by atoms with Gasteiger partial charge in [0.15, 0.2) is 0 Å². The summed E-state index contributed by atoms with van der Waals surface area (Å²) < 4.78 is 48.5. The molecule has 0 radical (unpaired) electrons. The van der Waals surface area contributed by atoms with Gasteiger partial charge < -0.3 is 64.8 Å². The van der Waals surface area contributed by atoms with Crippen LogP contribution >= 0.6 is 23.2 Å². The van der Waals surface area contributed by atoms with Crippen LogP contribution in [0.15, 0.2) is 12.2 Å². The van der Waals surface area contributed by atoms with Crippen molar-refractivity contribution in [3.05, 3.63) is 12.2 Å². The Morgan fingerprint density at radius 3 is 1.89 bits per heavy atom. The molecule has 2 saturated heterocycles. The van der Waals surface area contributed by atoms with E-state index in [1.54, 1.807) is 26.0 Å². The van der Waals surface area contributed by atoms with Crippen molar-refractivity contribution in [2.45, 2.75) is 259 Å². The number of hydrogen-bond donors (Lipinski definition) is 3. The van der Waals surface area contributed by atoms with Gasteiger partial charge in [-0.05, 0) is 152 Å². The molecule has 3 unspecified atom stereocenters. The number of halogens is 5. The van der Waals surface area contributed by atoms with Crippen molar-refractivity contribution < 1.29 is 75.4 Å². The Kier molecular flexibility index (Phi) is 30.6. The van der Waals surface area contributed by atoms with E-state index >= 15 is 28.8 Å². The van der Waals surface area contributed by atoms with Crippen molar-refractivity contribution in [2.24, 2.45) is 35.5 Å². The second-order valence-corrected chi connectivity index (χ2v) is 32.6. The van der Waals surface area contributed by atoms with E-state index in [0.717, 1.165) is 22.6 Å². The first kappa shape index (κ1) is 85.0. The average molecular weight is 1510 g/mol. The molecule has 1 spiro atoms. The van der Waals surface area contributed by atoms with E-state index in [4.69, 9.17) is 27.9 Å². The van der Waals surface area contributed by atoms with Gasteiger partial charge >= 0.3 is 6.18 Å². The number of hydrogen-bond acceptors (Lipinski definition) is 13. The van der Waals surface area contributed by atoms with Crippen LogP contribution in [0.2, 0.25) is 0 Å². The fourth-order valence-electron chi connectivity index (χ4n) is 16.5. The molecule has 4 saturated carbocycles. The lowest BCUT2D eigenvalue weighted by Gasteiger charge is -2.46. The number of carbonyl (C=O) groups is 12. The molecular formula is C74H117Cl2F3N12O13. The summed E-state index contributed by atoms with van der Waals surface area (Å²) in [5.41, 5.74) is -1.55. The predicted molar refractivity (Wildman–Crippen MR) is 386 cm³/mol. The van der Waals surface area contributed by atoms with Crippen LogP contribution in [0.25, 0.3) is 0 Å². The number of alkyl halides is 5. The summed E-state index contributed by atoms with van der Waals surface area (Å²) in [6, 6.07) is -10.3. The van der Waals surface area contributed by atoms with Crippen LogP contribution in [0.3, 0.4) is 0 Å². The molecule has 12 amide bonds. The highest BCUT2D eigenvalue weighted by atomic mass is 35.5. The molecule has 7 rings (SSSR count). The SMILES string of the molecule is CCO[C@@H]1C[C@H]2C(=O)NC3(CCC3)C(=O)N(C)[C@@H](C3CCCC3)C(=O)N(C)[C@H](C(=O)N(C)C)CC(=O)N(C)[C@@H](CC(C)C)C(=O)N[C@@H]([C@@H](C)CC)C(=O)N(C)CC(=O)N(C)[C@H]3C/C=C\CCN(C3=O)[C@@H](CC3CCC(C(F)(F)F)CC3)C(=O)N(C)CC(=O)N[C@@H](CCC3CCC(Cl)C(Cl)C3)C(=O)N2C1. The van der Waals surface area contributed by atoms with Crippen molar-refractivity contribution in [3.8, 4) is 0 Å². The normalized spacial score (nSPS) is 31.9. The Bertz CT molecular complexity index is 3090. The summed E-state index contributed by atoms with van der Waals surface area (Å²) in [4.78, 5) is 192. The number of fused-ring (bicyclic) bond motifs is 3. The van der Waals surface area contributed by atoms with Crippen LogP contribution in [-0.4, -0.2) is 281 Å². The summed E-state index contributed by atoms with van der Waals surface area (Å²) in [7, 11) is 11.4. The molecule has 30 heteroatoms. The third kappa shape index (κ3) is 20.9. The molecule has 3 N–H and O–H groups in total. The van der Waals surface area contributed by atoms with E-state index < -0.39 is 180 Å². The number of rotatable bonds is 13. The van der Waals surface area contributed by atoms with E-state index in [0.29, 0.717) is 51.4 Å². The summed E-state index contributed by atoms with van der Waals surface area (Å²) >= 11 is 13.3. The Labute approximate surface area is 622 Å². The van der Waals surface area contributed by atoms with E-state index in [1.165, 1.54) is 90.7 Å². The number of ether oxygens (including phenoxy) is 1. The van der Waals surface area contributed by atoms with Crippen LogP contribution in [0.5, 0.6) is 0 Å². The lowest BCUT2D eigenvalue weighted by Crippen LogP contribution is -2.68. The minimum absolute atomic E-state index is 0.00747. The van der Waals surface area contributed by atoms with Gasteiger partial charge in [-0.1, -0.05) is 59.1 Å². The van der Waals surface area contributed by atoms with E-state index in [-0.39, 0.29) is 119 Å². The van der Waals surface area contributed by atoms with Crippen LogP contribution in [0.4, 0.5) is 13.2 Å². The summed E-state index contributed by atoms with van der Waals surface area (Å²) in [5.74, 6) is -11.3. The summed E-state index contributed by atoms with van der Waals surface area (Å²) in [5, 5.41) is 8.21. The van der Waals surface area contributed by atoms with Gasteiger partial charge in [0.05, 0.1) is 36.9 Å². The maximum atomic E-state index is 15.6. The van der Waals surface area contributed by atoms with Gasteiger partial charge in [0.2, 0.25) is 70.9 Å². The van der Waals surface area contributed by atoms with Crippen LogP contribution in [0, 0.1) is 35.5 Å². The first-order valence-corrected chi connectivity index (χ1v) is 38.7. The molecule has 3 aliphatic heterocycles. The highest BCUT2D eigenvalue weighted by Gasteiger charge is 2.54. The molecule has 104 heavy (non-hydrogen) atoms. The van der Waals surface area contributed by atoms with Crippen molar-refractivity contribution in [1.82, 2.24) is 60.0 Å². The monoisotopic (exact) mass is 1510 g/mol. The molecule has 2 bridgehead atoms. The molecule has 3 heterocycles. The van der Waals surface area contributed by atoms with E-state index in [1.807, 2.05) is 20.8 Å². The Balaban J connectivity index is 1.31. The topological polar surface area (TPSA) is 279 Å². The van der Waals surface area contributed by atoms with Gasteiger partial charge in [0.25, 0.3) is 0 Å². The van der Waals surface area contributed by atoms with Crippen LogP contribution in [0.1, 0.15) is 182 Å². The quantitative estimate of drug-likeness (QED) is 0.139. The molecular weight excluding hydrogens is 1390 g/mol. The van der Waals surface area contributed by atoms with Gasteiger partial charge in [-0.25, -0.2) is 0 Å². The maximum Gasteiger partial charge on any atom is 0.391 e. The van der Waals surface area contributed by atoms with Crippen LogP contribution < -0.4 is 16.0 Å². The molecule has 4 aliphatic carbocycles. The highest BCUT2D eigenvalue weighted by molar-refractivity contribution is 6.30.